The number of benzene rings is 2. The Morgan fingerprint density at radius 3 is 2.43 bits per heavy atom. The number of para-hydroxylation sites is 1. The number of allylic oxidation sites excluding steroid dienone is 1. The average Bonchev–Trinajstić information content (AvgIpc) is 2.92. The maximum atomic E-state index is 13.5. The second kappa shape index (κ2) is 11.8. The number of rotatable bonds is 6. The molecule has 3 aromatic rings. The zero-order valence-electron chi connectivity index (χ0n) is 20.9. The van der Waals surface area contributed by atoms with Gasteiger partial charge in [0.05, 0.1) is 24.9 Å². The number of aliphatic hydroxyl groups is 1. The zero-order valence-corrected chi connectivity index (χ0v) is 20.9. The predicted molar refractivity (Wildman–Crippen MR) is 140 cm³/mol. The van der Waals surface area contributed by atoms with E-state index in [1.807, 2.05) is 41.3 Å². The third-order valence-electron chi connectivity index (χ3n) is 7.16. The smallest absolute Gasteiger partial charge is 0.288 e. The van der Waals surface area contributed by atoms with E-state index in [1.165, 1.54) is 12.7 Å². The fraction of sp³-hybridized carbons (Fsp3) is 0.400. The summed E-state index contributed by atoms with van der Waals surface area (Å²) < 4.78 is 18.0. The van der Waals surface area contributed by atoms with Crippen LogP contribution in [-0.4, -0.2) is 35.3 Å². The number of carbonyl (C=O) groups is 1. The van der Waals surface area contributed by atoms with Gasteiger partial charge in [0.25, 0.3) is 5.91 Å². The minimum Gasteiger partial charge on any atom is -0.464 e. The summed E-state index contributed by atoms with van der Waals surface area (Å²) in [6, 6.07) is 14.7. The Labute approximate surface area is 216 Å². The predicted octanol–water partition coefficient (Wildman–Crippen LogP) is 5.01. The molecule has 194 valence electrons. The lowest BCUT2D eigenvalue weighted by molar-refractivity contribution is -0.156. The van der Waals surface area contributed by atoms with Crippen LogP contribution in [0.25, 0.3) is 11.0 Å². The summed E-state index contributed by atoms with van der Waals surface area (Å²) in [5, 5.41) is 9.80. The fourth-order valence-electron chi connectivity index (χ4n) is 5.01. The molecule has 1 N–H and O–H groups in total. The van der Waals surface area contributed by atoms with Crippen molar-refractivity contribution in [2.24, 2.45) is 0 Å². The molecule has 37 heavy (non-hydrogen) atoms. The summed E-state index contributed by atoms with van der Waals surface area (Å²) in [6.45, 7) is 1.66. The molecule has 5 rings (SSSR count). The van der Waals surface area contributed by atoms with Gasteiger partial charge in [0, 0.05) is 31.0 Å². The molecule has 2 atom stereocenters. The van der Waals surface area contributed by atoms with Gasteiger partial charge in [0.2, 0.25) is 6.29 Å². The van der Waals surface area contributed by atoms with Gasteiger partial charge in [-0.05, 0) is 42.2 Å². The summed E-state index contributed by atoms with van der Waals surface area (Å²) in [7, 11) is 0. The van der Waals surface area contributed by atoms with Gasteiger partial charge in [-0.15, -0.1) is 0 Å². The van der Waals surface area contributed by atoms with Crippen LogP contribution in [0.4, 0.5) is 0 Å². The fourth-order valence-corrected chi connectivity index (χ4v) is 5.01. The van der Waals surface area contributed by atoms with Gasteiger partial charge < -0.3 is 23.9 Å². The van der Waals surface area contributed by atoms with Crippen LogP contribution in [0.3, 0.4) is 0 Å². The van der Waals surface area contributed by atoms with Crippen molar-refractivity contribution in [1.82, 2.24) is 4.90 Å². The van der Waals surface area contributed by atoms with Gasteiger partial charge in [-0.2, -0.15) is 0 Å². The quantitative estimate of drug-likeness (QED) is 0.509. The maximum absolute atomic E-state index is 13.5. The molecule has 2 aliphatic heterocycles. The van der Waals surface area contributed by atoms with Crippen molar-refractivity contribution >= 4 is 16.9 Å². The van der Waals surface area contributed by atoms with Crippen molar-refractivity contribution in [2.45, 2.75) is 63.9 Å². The van der Waals surface area contributed by atoms with Gasteiger partial charge in [-0.25, -0.2) is 0 Å². The van der Waals surface area contributed by atoms with Crippen molar-refractivity contribution in [3.05, 3.63) is 93.5 Å². The van der Waals surface area contributed by atoms with Gasteiger partial charge in [0.15, 0.2) is 11.2 Å². The Morgan fingerprint density at radius 2 is 1.68 bits per heavy atom. The number of hydrogen-bond acceptors (Lipinski definition) is 6. The van der Waals surface area contributed by atoms with E-state index < -0.39 is 6.29 Å². The standard InChI is InChI=1S/C30H33NO6/c32-18-21-10-12-22(13-11-21)19-36-28-17-23(25-20-35-26-9-5-4-8-24(26)29(25)33)16-27(37-28)30(34)31-14-6-2-1-3-7-15-31/h4-5,8-13,16,20,23,28,32H,1-3,6-7,14-15,17-19H2/t23-,28+/m1/s1. The van der Waals surface area contributed by atoms with E-state index >= 15 is 0 Å². The van der Waals surface area contributed by atoms with Gasteiger partial charge >= 0.3 is 0 Å². The molecule has 0 bridgehead atoms. The zero-order chi connectivity index (χ0) is 25.6. The molecule has 0 spiro atoms. The first-order chi connectivity index (χ1) is 18.1. The van der Waals surface area contributed by atoms with Crippen LogP contribution in [0.15, 0.2) is 75.8 Å². The van der Waals surface area contributed by atoms with Crippen LogP contribution >= 0.6 is 0 Å². The molecule has 0 radical (unpaired) electrons. The third kappa shape index (κ3) is 5.95. The lowest BCUT2D eigenvalue weighted by Crippen LogP contribution is -2.38. The highest BCUT2D eigenvalue weighted by Gasteiger charge is 2.32. The SMILES string of the molecule is O=C(C1=C[C@@H](c2coc3ccccc3c2=O)C[C@@H](OCc2ccc(CO)cc2)O1)N1CCCCCCC1. The van der Waals surface area contributed by atoms with Crippen LogP contribution in [0, 0.1) is 0 Å². The molecule has 3 heterocycles. The molecule has 2 aliphatic rings. The van der Waals surface area contributed by atoms with E-state index in [9.17, 15) is 14.7 Å². The van der Waals surface area contributed by atoms with Crippen molar-refractivity contribution in [1.29, 1.82) is 0 Å². The Kier molecular flexibility index (Phi) is 8.02. The lowest BCUT2D eigenvalue weighted by Gasteiger charge is -2.32. The van der Waals surface area contributed by atoms with E-state index in [1.54, 1.807) is 18.2 Å². The van der Waals surface area contributed by atoms with Crippen molar-refractivity contribution < 1.29 is 23.8 Å². The first-order valence-electron chi connectivity index (χ1n) is 13.1. The number of hydrogen-bond donors (Lipinski definition) is 1. The molecular formula is C30H33NO6. The van der Waals surface area contributed by atoms with E-state index in [0.29, 0.717) is 36.0 Å². The molecule has 1 fully saturated rings. The number of likely N-dealkylation sites (tertiary alicyclic amines) is 1. The molecular weight excluding hydrogens is 470 g/mol. The topological polar surface area (TPSA) is 89.2 Å². The summed E-state index contributed by atoms with van der Waals surface area (Å²) >= 11 is 0. The first kappa shape index (κ1) is 25.2. The summed E-state index contributed by atoms with van der Waals surface area (Å²) in [5.74, 6) is -0.312. The minimum atomic E-state index is -0.702. The number of amides is 1. The van der Waals surface area contributed by atoms with Crippen molar-refractivity contribution in [2.75, 3.05) is 13.1 Å². The minimum absolute atomic E-state index is 0.0182. The van der Waals surface area contributed by atoms with E-state index in [-0.39, 0.29) is 36.2 Å². The van der Waals surface area contributed by atoms with Gasteiger partial charge in [-0.3, -0.25) is 9.59 Å². The highest BCUT2D eigenvalue weighted by Crippen LogP contribution is 2.32. The second-order valence-corrected chi connectivity index (χ2v) is 9.78. The lowest BCUT2D eigenvalue weighted by atomic mass is 9.93. The molecule has 1 amide bonds. The van der Waals surface area contributed by atoms with Gasteiger partial charge in [0.1, 0.15) is 5.58 Å². The third-order valence-corrected chi connectivity index (χ3v) is 7.16. The Hall–Kier alpha value is -3.42. The molecule has 7 nitrogen and oxygen atoms in total. The van der Waals surface area contributed by atoms with E-state index in [0.717, 1.165) is 36.8 Å². The molecule has 0 aliphatic carbocycles. The number of carbonyl (C=O) groups excluding carboxylic acids is 1. The Balaban J connectivity index is 1.41. The van der Waals surface area contributed by atoms with Crippen LogP contribution in [0.5, 0.6) is 0 Å². The summed E-state index contributed by atoms with van der Waals surface area (Å²) in [6.07, 6.45) is 8.33. The largest absolute Gasteiger partial charge is 0.464 e. The number of aliphatic hydroxyl groups excluding tert-OH is 1. The average molecular weight is 504 g/mol. The highest BCUT2D eigenvalue weighted by atomic mass is 16.7. The van der Waals surface area contributed by atoms with Crippen molar-refractivity contribution in [3.63, 3.8) is 0 Å². The monoisotopic (exact) mass is 503 g/mol. The van der Waals surface area contributed by atoms with E-state index in [4.69, 9.17) is 13.9 Å². The first-order valence-corrected chi connectivity index (χ1v) is 13.1. The van der Waals surface area contributed by atoms with Gasteiger partial charge in [-0.1, -0.05) is 55.7 Å². The molecule has 1 saturated heterocycles. The highest BCUT2D eigenvalue weighted by molar-refractivity contribution is 5.92. The Bertz CT molecular complexity index is 1300. The molecule has 2 aromatic carbocycles. The van der Waals surface area contributed by atoms with Crippen LogP contribution in [0.2, 0.25) is 0 Å². The summed E-state index contributed by atoms with van der Waals surface area (Å²) in [5.41, 5.74) is 2.66. The number of ether oxygens (including phenoxy) is 2. The molecule has 0 saturated carbocycles. The van der Waals surface area contributed by atoms with Crippen LogP contribution < -0.4 is 5.43 Å². The molecule has 1 aromatic heterocycles. The second-order valence-electron chi connectivity index (χ2n) is 9.78. The summed E-state index contributed by atoms with van der Waals surface area (Å²) in [4.78, 5) is 28.7. The van der Waals surface area contributed by atoms with Crippen LogP contribution in [-0.2, 0) is 27.5 Å². The molecule has 7 heteroatoms. The number of fused-ring (bicyclic) bond motifs is 1. The van der Waals surface area contributed by atoms with Crippen molar-refractivity contribution in [3.8, 4) is 0 Å². The maximum Gasteiger partial charge on any atom is 0.288 e. The van der Waals surface area contributed by atoms with E-state index in [2.05, 4.69) is 0 Å². The molecule has 0 unspecified atom stereocenters. The van der Waals surface area contributed by atoms with Crippen LogP contribution in [0.1, 0.15) is 61.1 Å². The Morgan fingerprint density at radius 1 is 0.973 bits per heavy atom. The number of nitrogens with zero attached hydrogens (tertiary/aromatic N) is 1. The normalized spacial score (nSPS) is 20.6.